The lowest BCUT2D eigenvalue weighted by Crippen LogP contribution is -2.11. The number of hydrogen-bond donors (Lipinski definition) is 1. The van der Waals surface area contributed by atoms with Gasteiger partial charge in [-0.2, -0.15) is 0 Å². The van der Waals surface area contributed by atoms with Crippen LogP contribution in [0.5, 0.6) is 0 Å². The van der Waals surface area contributed by atoms with Gasteiger partial charge in [0.1, 0.15) is 0 Å². The second kappa shape index (κ2) is 4.96. The molecular weight excluding hydrogens is 198 g/mol. The second-order valence-corrected chi connectivity index (χ2v) is 5.02. The maximum atomic E-state index is 10.4. The van der Waals surface area contributed by atoms with Crippen LogP contribution in [0.4, 0.5) is 0 Å². The van der Waals surface area contributed by atoms with Crippen molar-refractivity contribution in [2.24, 2.45) is 11.8 Å². The Bertz CT molecular complexity index is 350. The van der Waals surface area contributed by atoms with E-state index in [4.69, 9.17) is 0 Å². The topological polar surface area (TPSA) is 33.1 Å². The van der Waals surface area contributed by atoms with Crippen LogP contribution in [-0.2, 0) is 0 Å². The summed E-state index contributed by atoms with van der Waals surface area (Å²) >= 11 is 0. The molecule has 0 radical (unpaired) electrons. The Morgan fingerprint density at radius 1 is 1.50 bits per heavy atom. The van der Waals surface area contributed by atoms with Gasteiger partial charge < -0.3 is 5.11 Å². The molecule has 1 aromatic heterocycles. The quantitative estimate of drug-likeness (QED) is 0.846. The average molecular weight is 219 g/mol. The number of pyridine rings is 1. The molecule has 16 heavy (non-hydrogen) atoms. The van der Waals surface area contributed by atoms with E-state index in [1.807, 2.05) is 19.2 Å². The minimum atomic E-state index is -0.315. The molecule has 1 N–H and O–H groups in total. The minimum absolute atomic E-state index is 0.315. The second-order valence-electron chi connectivity index (χ2n) is 5.02. The molecule has 2 nitrogen and oxygen atoms in total. The molecule has 3 unspecified atom stereocenters. The Kier molecular flexibility index (Phi) is 3.59. The van der Waals surface area contributed by atoms with Crippen molar-refractivity contribution in [3.05, 3.63) is 29.6 Å². The van der Waals surface area contributed by atoms with Crippen LogP contribution in [0.3, 0.4) is 0 Å². The highest BCUT2D eigenvalue weighted by molar-refractivity contribution is 5.24. The summed E-state index contributed by atoms with van der Waals surface area (Å²) < 4.78 is 0. The van der Waals surface area contributed by atoms with Crippen LogP contribution < -0.4 is 0 Å². The molecule has 1 aliphatic rings. The zero-order valence-electron chi connectivity index (χ0n) is 10.2. The molecule has 88 valence electrons. The van der Waals surface area contributed by atoms with Gasteiger partial charge in [-0.3, -0.25) is 4.98 Å². The fourth-order valence-corrected chi connectivity index (χ4v) is 2.81. The molecule has 0 amide bonds. The van der Waals surface area contributed by atoms with Gasteiger partial charge in [0.25, 0.3) is 0 Å². The Morgan fingerprint density at radius 3 is 2.94 bits per heavy atom. The molecule has 3 atom stereocenters. The van der Waals surface area contributed by atoms with Gasteiger partial charge in [0, 0.05) is 18.0 Å². The van der Waals surface area contributed by atoms with Crippen molar-refractivity contribution in [1.82, 2.24) is 4.98 Å². The lowest BCUT2D eigenvalue weighted by atomic mass is 9.92. The van der Waals surface area contributed by atoms with E-state index >= 15 is 0 Å². The third kappa shape index (κ3) is 2.27. The monoisotopic (exact) mass is 219 g/mol. The van der Waals surface area contributed by atoms with Crippen LogP contribution in [0.2, 0.25) is 0 Å². The van der Waals surface area contributed by atoms with Gasteiger partial charge in [-0.1, -0.05) is 19.8 Å². The SMILES string of the molecule is CCC1CCC(C(O)c2cnccc2C)C1. The third-order valence-electron chi connectivity index (χ3n) is 4.00. The molecular formula is C14H21NO. The summed E-state index contributed by atoms with van der Waals surface area (Å²) in [7, 11) is 0. The molecule has 0 saturated heterocycles. The molecule has 0 bridgehead atoms. The maximum absolute atomic E-state index is 10.4. The lowest BCUT2D eigenvalue weighted by Gasteiger charge is -2.19. The van der Waals surface area contributed by atoms with Gasteiger partial charge in [0.05, 0.1) is 6.10 Å². The summed E-state index contributed by atoms with van der Waals surface area (Å²) in [5.41, 5.74) is 2.17. The van der Waals surface area contributed by atoms with Crippen LogP contribution >= 0.6 is 0 Å². The normalized spacial score (nSPS) is 26.9. The lowest BCUT2D eigenvalue weighted by molar-refractivity contribution is 0.108. The summed E-state index contributed by atoms with van der Waals surface area (Å²) in [5.74, 6) is 1.25. The van der Waals surface area contributed by atoms with Crippen molar-refractivity contribution in [3.63, 3.8) is 0 Å². The molecule has 0 aliphatic heterocycles. The molecule has 1 saturated carbocycles. The summed E-state index contributed by atoms with van der Waals surface area (Å²) in [6, 6.07) is 1.98. The number of aliphatic hydroxyl groups is 1. The van der Waals surface area contributed by atoms with Gasteiger partial charge in [0.2, 0.25) is 0 Å². The number of aromatic nitrogens is 1. The smallest absolute Gasteiger partial charge is 0.0835 e. The van der Waals surface area contributed by atoms with Crippen molar-refractivity contribution < 1.29 is 5.11 Å². The molecule has 0 spiro atoms. The summed E-state index contributed by atoms with van der Waals surface area (Å²) in [6.07, 6.45) is 8.14. The minimum Gasteiger partial charge on any atom is -0.388 e. The number of hydrogen-bond acceptors (Lipinski definition) is 2. The standard InChI is InChI=1S/C14H21NO/c1-3-11-4-5-12(8-11)14(16)13-9-15-7-6-10(13)2/h6-7,9,11-12,14,16H,3-5,8H2,1-2H3. The first-order chi connectivity index (χ1) is 7.72. The highest BCUT2D eigenvalue weighted by Crippen LogP contribution is 2.40. The highest BCUT2D eigenvalue weighted by atomic mass is 16.3. The first-order valence-electron chi connectivity index (χ1n) is 6.31. The van der Waals surface area contributed by atoms with E-state index in [0.717, 1.165) is 23.5 Å². The van der Waals surface area contributed by atoms with Gasteiger partial charge >= 0.3 is 0 Å². The van der Waals surface area contributed by atoms with Crippen LogP contribution in [0.1, 0.15) is 49.8 Å². The largest absolute Gasteiger partial charge is 0.388 e. The Balaban J connectivity index is 2.08. The highest BCUT2D eigenvalue weighted by Gasteiger charge is 2.30. The predicted octanol–water partition coefficient (Wildman–Crippen LogP) is 3.25. The Hall–Kier alpha value is -0.890. The Labute approximate surface area is 97.7 Å². The number of aryl methyl sites for hydroxylation is 1. The van der Waals surface area contributed by atoms with E-state index in [1.165, 1.54) is 19.3 Å². The predicted molar refractivity (Wildman–Crippen MR) is 65.1 cm³/mol. The number of aliphatic hydroxyl groups excluding tert-OH is 1. The van der Waals surface area contributed by atoms with E-state index in [1.54, 1.807) is 6.20 Å². The molecule has 0 aromatic carbocycles. The summed E-state index contributed by atoms with van der Waals surface area (Å²) in [6.45, 7) is 4.29. The Morgan fingerprint density at radius 2 is 2.31 bits per heavy atom. The fourth-order valence-electron chi connectivity index (χ4n) is 2.81. The van der Waals surface area contributed by atoms with E-state index in [9.17, 15) is 5.11 Å². The first-order valence-corrected chi connectivity index (χ1v) is 6.31. The van der Waals surface area contributed by atoms with E-state index in [2.05, 4.69) is 11.9 Å². The van der Waals surface area contributed by atoms with Crippen molar-refractivity contribution in [2.75, 3.05) is 0 Å². The van der Waals surface area contributed by atoms with Crippen LogP contribution in [-0.4, -0.2) is 10.1 Å². The summed E-state index contributed by atoms with van der Waals surface area (Å²) in [4.78, 5) is 4.12. The third-order valence-corrected chi connectivity index (χ3v) is 4.00. The van der Waals surface area contributed by atoms with Gasteiger partial charge in [-0.25, -0.2) is 0 Å². The van der Waals surface area contributed by atoms with Crippen molar-refractivity contribution >= 4 is 0 Å². The van der Waals surface area contributed by atoms with Gasteiger partial charge in [0.15, 0.2) is 0 Å². The maximum Gasteiger partial charge on any atom is 0.0835 e. The summed E-state index contributed by atoms with van der Waals surface area (Å²) in [5, 5.41) is 10.4. The molecule has 1 aromatic rings. The number of nitrogens with zero attached hydrogens (tertiary/aromatic N) is 1. The van der Waals surface area contributed by atoms with E-state index in [-0.39, 0.29) is 6.10 Å². The van der Waals surface area contributed by atoms with Gasteiger partial charge in [-0.05, 0) is 43.2 Å². The molecule has 1 heterocycles. The van der Waals surface area contributed by atoms with Crippen LogP contribution in [0.15, 0.2) is 18.5 Å². The van der Waals surface area contributed by atoms with Crippen LogP contribution in [0, 0.1) is 18.8 Å². The van der Waals surface area contributed by atoms with E-state index in [0.29, 0.717) is 5.92 Å². The zero-order chi connectivity index (χ0) is 11.5. The molecule has 2 heteroatoms. The van der Waals surface area contributed by atoms with Gasteiger partial charge in [-0.15, -0.1) is 0 Å². The fraction of sp³-hybridized carbons (Fsp3) is 0.643. The van der Waals surface area contributed by atoms with E-state index < -0.39 is 0 Å². The molecule has 1 fully saturated rings. The first kappa shape index (κ1) is 11.6. The average Bonchev–Trinajstić information content (AvgIpc) is 2.77. The molecule has 2 rings (SSSR count). The van der Waals surface area contributed by atoms with Crippen LogP contribution in [0.25, 0.3) is 0 Å². The van der Waals surface area contributed by atoms with Crippen molar-refractivity contribution in [1.29, 1.82) is 0 Å². The zero-order valence-corrected chi connectivity index (χ0v) is 10.2. The van der Waals surface area contributed by atoms with Crippen molar-refractivity contribution in [3.8, 4) is 0 Å². The molecule has 1 aliphatic carbocycles. The number of rotatable bonds is 3. The van der Waals surface area contributed by atoms with Crippen molar-refractivity contribution in [2.45, 2.75) is 45.6 Å².